The molecule has 1 saturated heterocycles. The van der Waals surface area contributed by atoms with Crippen LogP contribution < -0.4 is 9.46 Å². The summed E-state index contributed by atoms with van der Waals surface area (Å²) in [4.78, 5) is 15.9. The van der Waals surface area contributed by atoms with E-state index in [-0.39, 0.29) is 10.8 Å². The normalized spacial score (nSPS) is 16.2. The number of amides is 1. The van der Waals surface area contributed by atoms with Gasteiger partial charge < -0.3 is 9.64 Å². The number of benzene rings is 2. The Kier molecular flexibility index (Phi) is 7.67. The number of piperidine rings is 1. The van der Waals surface area contributed by atoms with Gasteiger partial charge in [0.1, 0.15) is 5.75 Å². The molecule has 0 spiro atoms. The summed E-state index contributed by atoms with van der Waals surface area (Å²) in [5.41, 5.74) is 1.18. The van der Waals surface area contributed by atoms with Crippen LogP contribution in [0.1, 0.15) is 48.7 Å². The molecule has 2 aromatic carbocycles. The molecule has 168 valence electrons. The molecule has 1 fully saturated rings. The summed E-state index contributed by atoms with van der Waals surface area (Å²) in [5.74, 6) is 1.12. The average Bonchev–Trinajstić information content (AvgIpc) is 2.78. The van der Waals surface area contributed by atoms with E-state index in [9.17, 15) is 13.2 Å². The lowest BCUT2D eigenvalue weighted by Crippen LogP contribution is -2.38. The number of nitrogens with one attached hydrogen (secondary N) is 1. The number of methoxy groups -OCH3 is 1. The predicted octanol–water partition coefficient (Wildman–Crippen LogP) is 4.33. The summed E-state index contributed by atoms with van der Waals surface area (Å²) in [6, 6.07) is 11.6. The van der Waals surface area contributed by atoms with E-state index in [1.54, 1.807) is 32.2 Å². The van der Waals surface area contributed by atoms with E-state index in [4.69, 9.17) is 4.74 Å². The minimum atomic E-state index is -3.84. The predicted molar refractivity (Wildman–Crippen MR) is 124 cm³/mol. The zero-order valence-corrected chi connectivity index (χ0v) is 20.1. The first-order valence-corrected chi connectivity index (χ1v) is 13.1. The van der Waals surface area contributed by atoms with Crippen LogP contribution in [0.3, 0.4) is 0 Å². The Morgan fingerprint density at radius 3 is 2.52 bits per heavy atom. The van der Waals surface area contributed by atoms with Gasteiger partial charge >= 0.3 is 0 Å². The molecule has 0 unspecified atom stereocenters. The Morgan fingerprint density at radius 2 is 1.87 bits per heavy atom. The molecule has 8 heteroatoms. The summed E-state index contributed by atoms with van der Waals surface area (Å²) >= 11 is 1.44. The smallest absolute Gasteiger partial charge is 0.255 e. The second-order valence-electron chi connectivity index (χ2n) is 7.92. The largest absolute Gasteiger partial charge is 0.496 e. The van der Waals surface area contributed by atoms with Crippen LogP contribution in [0, 0.1) is 5.92 Å². The summed E-state index contributed by atoms with van der Waals surface area (Å²) < 4.78 is 34.3. The Bertz CT molecular complexity index is 1030. The average molecular weight is 463 g/mol. The number of ether oxygens (including phenoxy) is 1. The van der Waals surface area contributed by atoms with Crippen LogP contribution in [0.15, 0.2) is 52.3 Å². The van der Waals surface area contributed by atoms with Crippen molar-refractivity contribution in [2.75, 3.05) is 26.5 Å². The fourth-order valence-electron chi connectivity index (χ4n) is 3.79. The molecule has 1 amide bonds. The molecule has 31 heavy (non-hydrogen) atoms. The zero-order valence-electron chi connectivity index (χ0n) is 18.4. The minimum Gasteiger partial charge on any atom is -0.496 e. The van der Waals surface area contributed by atoms with Crippen molar-refractivity contribution in [3.05, 3.63) is 53.6 Å². The molecular weight excluding hydrogens is 432 g/mol. The van der Waals surface area contributed by atoms with Crippen molar-refractivity contribution in [1.29, 1.82) is 0 Å². The minimum absolute atomic E-state index is 0.0841. The molecule has 0 radical (unpaired) electrons. The summed E-state index contributed by atoms with van der Waals surface area (Å²) in [7, 11) is -2.28. The van der Waals surface area contributed by atoms with Crippen molar-refractivity contribution < 1.29 is 17.9 Å². The maximum absolute atomic E-state index is 13.2. The quantitative estimate of drug-likeness (QED) is 0.620. The van der Waals surface area contributed by atoms with E-state index in [1.165, 1.54) is 17.8 Å². The third-order valence-electron chi connectivity index (χ3n) is 5.72. The molecule has 0 bridgehead atoms. The van der Waals surface area contributed by atoms with E-state index in [0.717, 1.165) is 23.3 Å². The lowest BCUT2D eigenvalue weighted by atomic mass is 9.98. The van der Waals surface area contributed by atoms with E-state index >= 15 is 0 Å². The number of hydrogen-bond acceptors (Lipinski definition) is 5. The molecular formula is C23H30N2O4S2. The zero-order chi connectivity index (χ0) is 22.6. The van der Waals surface area contributed by atoms with E-state index in [2.05, 4.69) is 11.6 Å². The molecule has 6 nitrogen and oxygen atoms in total. The molecule has 1 aliphatic heterocycles. The third-order valence-corrected chi connectivity index (χ3v) is 8.05. The lowest BCUT2D eigenvalue weighted by Gasteiger charge is -2.31. The van der Waals surface area contributed by atoms with E-state index < -0.39 is 16.1 Å². The fourth-order valence-corrected chi connectivity index (χ4v) is 5.61. The molecule has 0 saturated carbocycles. The molecule has 0 aliphatic carbocycles. The highest BCUT2D eigenvalue weighted by Gasteiger charge is 2.26. The number of thioether (sulfide) groups is 1. The first kappa shape index (κ1) is 23.6. The molecule has 3 rings (SSSR count). The van der Waals surface area contributed by atoms with Gasteiger partial charge in [0.2, 0.25) is 10.0 Å². The van der Waals surface area contributed by atoms with E-state index in [0.29, 0.717) is 30.3 Å². The fraction of sp³-hybridized carbons (Fsp3) is 0.435. The van der Waals surface area contributed by atoms with E-state index in [1.807, 2.05) is 29.4 Å². The van der Waals surface area contributed by atoms with Crippen LogP contribution in [0.2, 0.25) is 0 Å². The first-order valence-electron chi connectivity index (χ1n) is 10.4. The SMILES string of the molecule is COc1ccccc1[C@H](C)NS(=O)(=O)c1ccc(SC)c(C(=O)N2CCC(C)CC2)c1. The van der Waals surface area contributed by atoms with Gasteiger partial charge in [0.05, 0.1) is 17.6 Å². The Balaban J connectivity index is 1.88. The number of para-hydroxylation sites is 1. The van der Waals surface area contributed by atoms with Crippen molar-refractivity contribution in [1.82, 2.24) is 9.62 Å². The number of carbonyl (C=O) groups excluding carboxylic acids is 1. The Hall–Kier alpha value is -2.03. The van der Waals surface area contributed by atoms with Crippen LogP contribution >= 0.6 is 11.8 Å². The first-order chi connectivity index (χ1) is 14.8. The van der Waals surface area contributed by atoms with Gasteiger partial charge in [-0.25, -0.2) is 13.1 Å². The summed E-state index contributed by atoms with van der Waals surface area (Å²) in [6.45, 7) is 5.37. The van der Waals surface area contributed by atoms with Crippen molar-refractivity contribution in [2.45, 2.75) is 42.5 Å². The van der Waals surface area contributed by atoms with Gasteiger partial charge in [-0.05, 0) is 56.2 Å². The topological polar surface area (TPSA) is 75.7 Å². The molecule has 2 aromatic rings. The van der Waals surface area contributed by atoms with Crippen LogP contribution in [-0.4, -0.2) is 45.7 Å². The van der Waals surface area contributed by atoms with Crippen LogP contribution in [0.25, 0.3) is 0 Å². The van der Waals surface area contributed by atoms with Crippen LogP contribution in [-0.2, 0) is 10.0 Å². The number of nitrogens with zero attached hydrogens (tertiary/aromatic N) is 1. The van der Waals surface area contributed by atoms with Gasteiger partial charge in [-0.2, -0.15) is 0 Å². The third kappa shape index (κ3) is 5.42. The van der Waals surface area contributed by atoms with Gasteiger partial charge in [-0.15, -0.1) is 11.8 Å². The Morgan fingerprint density at radius 1 is 1.19 bits per heavy atom. The number of carbonyl (C=O) groups is 1. The van der Waals surface area contributed by atoms with Crippen LogP contribution in [0.5, 0.6) is 5.75 Å². The lowest BCUT2D eigenvalue weighted by molar-refractivity contribution is 0.0693. The van der Waals surface area contributed by atoms with Gasteiger partial charge in [-0.3, -0.25) is 4.79 Å². The second kappa shape index (κ2) is 10.1. The molecule has 1 atom stereocenters. The second-order valence-corrected chi connectivity index (χ2v) is 10.5. The van der Waals surface area contributed by atoms with Crippen molar-refractivity contribution in [2.24, 2.45) is 5.92 Å². The van der Waals surface area contributed by atoms with Gasteiger partial charge in [0, 0.05) is 29.6 Å². The molecule has 1 aliphatic rings. The maximum Gasteiger partial charge on any atom is 0.255 e. The number of likely N-dealkylation sites (tertiary alicyclic amines) is 1. The molecule has 0 aromatic heterocycles. The highest BCUT2D eigenvalue weighted by Crippen LogP contribution is 2.29. The van der Waals surface area contributed by atoms with Gasteiger partial charge in [0.15, 0.2) is 0 Å². The molecule has 1 N–H and O–H groups in total. The van der Waals surface area contributed by atoms with Crippen LogP contribution in [0.4, 0.5) is 0 Å². The van der Waals surface area contributed by atoms with Gasteiger partial charge in [0.25, 0.3) is 5.91 Å². The number of rotatable bonds is 7. The van der Waals surface area contributed by atoms with Crippen molar-refractivity contribution >= 4 is 27.7 Å². The monoisotopic (exact) mass is 462 g/mol. The van der Waals surface area contributed by atoms with Crippen molar-refractivity contribution in [3.63, 3.8) is 0 Å². The highest BCUT2D eigenvalue weighted by atomic mass is 32.2. The highest BCUT2D eigenvalue weighted by molar-refractivity contribution is 7.98. The number of hydrogen-bond donors (Lipinski definition) is 1. The van der Waals surface area contributed by atoms with Crippen molar-refractivity contribution in [3.8, 4) is 5.75 Å². The number of sulfonamides is 1. The maximum atomic E-state index is 13.2. The molecule has 1 heterocycles. The summed E-state index contributed by atoms with van der Waals surface area (Å²) in [6.07, 6.45) is 3.83. The summed E-state index contributed by atoms with van der Waals surface area (Å²) in [5, 5.41) is 0. The van der Waals surface area contributed by atoms with Gasteiger partial charge in [-0.1, -0.05) is 25.1 Å². The Labute approximate surface area is 189 Å². The standard InChI is InChI=1S/C23H30N2O4S2/c1-16-11-13-25(14-12-16)23(26)20-15-18(9-10-22(20)30-4)31(27,28)24-17(2)19-7-5-6-8-21(19)29-3/h5-10,15-17,24H,11-14H2,1-4H3/t17-/m0/s1.